The largest absolute Gasteiger partial charge is 0.406 e. The minimum atomic E-state index is -0.668. The van der Waals surface area contributed by atoms with E-state index in [4.69, 9.17) is 4.74 Å². The predicted octanol–water partition coefficient (Wildman–Crippen LogP) is 1.69. The van der Waals surface area contributed by atoms with Crippen LogP contribution in [-0.4, -0.2) is 17.4 Å². The molecule has 0 N–H and O–H groups in total. The number of carbonyl (C=O) groups excluding carboxylic acids is 1. The van der Waals surface area contributed by atoms with Gasteiger partial charge in [0.15, 0.2) is 5.54 Å². The molecule has 0 spiro atoms. The smallest absolute Gasteiger partial charge is 0.340 e. The highest BCUT2D eigenvalue weighted by molar-refractivity contribution is 6.04. The topological polar surface area (TPSA) is 38.7 Å². The van der Waals surface area contributed by atoms with Gasteiger partial charge in [0, 0.05) is 0 Å². The molecule has 1 unspecified atom stereocenters. The second kappa shape index (κ2) is 3.09. The molecule has 0 bridgehead atoms. The maximum atomic E-state index is 11.3. The van der Waals surface area contributed by atoms with Crippen LogP contribution in [0.4, 0.5) is 0 Å². The Morgan fingerprint density at radius 3 is 2.83 bits per heavy atom. The second-order valence-electron chi connectivity index (χ2n) is 3.07. The highest BCUT2D eigenvalue weighted by Gasteiger charge is 2.39. The lowest BCUT2D eigenvalue weighted by molar-refractivity contribution is -0.138. The Labute approximate surface area is 72.1 Å². The molecule has 0 fully saturated rings. The summed E-state index contributed by atoms with van der Waals surface area (Å²) in [5, 5.41) is 0. The zero-order chi connectivity index (χ0) is 9.19. The Morgan fingerprint density at radius 2 is 2.42 bits per heavy atom. The summed E-state index contributed by atoms with van der Waals surface area (Å²) in [7, 11) is 0. The first-order valence-electron chi connectivity index (χ1n) is 4.07. The molecule has 1 heterocycles. The number of rotatable bonds is 3. The van der Waals surface area contributed by atoms with Crippen molar-refractivity contribution >= 4 is 11.9 Å². The standard InChI is InChI=1S/C9H13NO2/c1-4-6-9(3)8(11)12-7(5-2)10-9/h5H,2,4,6H2,1,3H3. The van der Waals surface area contributed by atoms with Crippen LogP contribution in [0.3, 0.4) is 0 Å². The average molecular weight is 167 g/mol. The van der Waals surface area contributed by atoms with Crippen molar-refractivity contribution in [2.24, 2.45) is 4.99 Å². The molecule has 3 nitrogen and oxygen atoms in total. The number of carbonyl (C=O) groups is 1. The van der Waals surface area contributed by atoms with Crippen LogP contribution < -0.4 is 0 Å². The monoisotopic (exact) mass is 167 g/mol. The average Bonchev–Trinajstić information content (AvgIpc) is 2.29. The molecule has 1 aliphatic heterocycles. The Hall–Kier alpha value is -1.12. The summed E-state index contributed by atoms with van der Waals surface area (Å²) in [5.74, 6) is 0.0789. The van der Waals surface area contributed by atoms with Gasteiger partial charge in [0.05, 0.1) is 0 Å². The number of aliphatic imine (C=N–C) groups is 1. The number of hydrogen-bond donors (Lipinski definition) is 0. The Kier molecular flexibility index (Phi) is 2.31. The van der Waals surface area contributed by atoms with Crippen molar-refractivity contribution in [3.05, 3.63) is 12.7 Å². The van der Waals surface area contributed by atoms with Crippen LogP contribution in [0.5, 0.6) is 0 Å². The van der Waals surface area contributed by atoms with Crippen LogP contribution in [0.25, 0.3) is 0 Å². The molecule has 0 radical (unpaired) electrons. The highest BCUT2D eigenvalue weighted by Crippen LogP contribution is 2.25. The lowest BCUT2D eigenvalue weighted by Gasteiger charge is -2.13. The normalized spacial score (nSPS) is 28.2. The summed E-state index contributed by atoms with van der Waals surface area (Å²) in [6, 6.07) is 0. The van der Waals surface area contributed by atoms with Crippen LogP contribution in [0.1, 0.15) is 26.7 Å². The van der Waals surface area contributed by atoms with Crippen molar-refractivity contribution in [3.63, 3.8) is 0 Å². The number of esters is 1. The van der Waals surface area contributed by atoms with E-state index >= 15 is 0 Å². The lowest BCUT2D eigenvalue weighted by atomic mass is 9.98. The Morgan fingerprint density at radius 1 is 1.75 bits per heavy atom. The van der Waals surface area contributed by atoms with Crippen molar-refractivity contribution < 1.29 is 9.53 Å². The summed E-state index contributed by atoms with van der Waals surface area (Å²) in [5.41, 5.74) is -0.668. The van der Waals surface area contributed by atoms with Gasteiger partial charge < -0.3 is 4.74 Å². The van der Waals surface area contributed by atoms with Crippen molar-refractivity contribution in [2.45, 2.75) is 32.2 Å². The SMILES string of the molecule is C=CC1=NC(C)(CCC)C(=O)O1. The van der Waals surface area contributed by atoms with E-state index in [-0.39, 0.29) is 5.97 Å². The highest BCUT2D eigenvalue weighted by atomic mass is 16.6. The van der Waals surface area contributed by atoms with E-state index in [1.54, 1.807) is 6.92 Å². The van der Waals surface area contributed by atoms with Crippen LogP contribution in [0.2, 0.25) is 0 Å². The molecule has 66 valence electrons. The molecule has 1 atom stereocenters. The Balaban J connectivity index is 2.83. The molecule has 1 rings (SSSR count). The number of ether oxygens (including phenoxy) is 1. The molecule has 0 saturated heterocycles. The molecule has 1 aliphatic rings. The van der Waals surface area contributed by atoms with Gasteiger partial charge in [-0.05, 0) is 19.4 Å². The fourth-order valence-corrected chi connectivity index (χ4v) is 1.25. The van der Waals surface area contributed by atoms with E-state index < -0.39 is 5.54 Å². The zero-order valence-corrected chi connectivity index (χ0v) is 7.46. The van der Waals surface area contributed by atoms with E-state index in [9.17, 15) is 4.79 Å². The first-order chi connectivity index (χ1) is 5.62. The molecule has 12 heavy (non-hydrogen) atoms. The van der Waals surface area contributed by atoms with Crippen molar-refractivity contribution in [3.8, 4) is 0 Å². The van der Waals surface area contributed by atoms with Crippen molar-refractivity contribution in [1.82, 2.24) is 0 Å². The molecule has 0 aromatic carbocycles. The number of nitrogens with zero attached hydrogens (tertiary/aromatic N) is 1. The van der Waals surface area contributed by atoms with Crippen LogP contribution in [0.15, 0.2) is 17.6 Å². The summed E-state index contributed by atoms with van der Waals surface area (Å²) in [6.45, 7) is 7.30. The third kappa shape index (κ3) is 1.40. The quantitative estimate of drug-likeness (QED) is 0.600. The minimum Gasteiger partial charge on any atom is -0.406 e. The number of cyclic esters (lactones) is 1. The summed E-state index contributed by atoms with van der Waals surface area (Å²) in [4.78, 5) is 15.4. The van der Waals surface area contributed by atoms with Crippen LogP contribution in [0, 0.1) is 0 Å². The Bertz CT molecular complexity index is 245. The van der Waals surface area contributed by atoms with Gasteiger partial charge in [-0.15, -0.1) is 0 Å². The molecule has 0 aliphatic carbocycles. The fourth-order valence-electron chi connectivity index (χ4n) is 1.25. The molecule has 0 saturated carbocycles. The van der Waals surface area contributed by atoms with E-state index in [0.29, 0.717) is 5.90 Å². The van der Waals surface area contributed by atoms with Crippen molar-refractivity contribution in [2.75, 3.05) is 0 Å². The summed E-state index contributed by atoms with van der Waals surface area (Å²) in [6.07, 6.45) is 3.10. The van der Waals surface area contributed by atoms with E-state index in [1.165, 1.54) is 6.08 Å². The molecular formula is C9H13NO2. The second-order valence-corrected chi connectivity index (χ2v) is 3.07. The lowest BCUT2D eigenvalue weighted by Crippen LogP contribution is -2.29. The molecule has 0 aromatic heterocycles. The van der Waals surface area contributed by atoms with Crippen LogP contribution in [-0.2, 0) is 9.53 Å². The summed E-state index contributed by atoms with van der Waals surface area (Å²) >= 11 is 0. The first-order valence-corrected chi connectivity index (χ1v) is 4.07. The van der Waals surface area contributed by atoms with E-state index in [0.717, 1.165) is 12.8 Å². The maximum absolute atomic E-state index is 11.3. The van der Waals surface area contributed by atoms with Gasteiger partial charge in [-0.25, -0.2) is 9.79 Å². The molecule has 0 amide bonds. The van der Waals surface area contributed by atoms with E-state index in [1.807, 2.05) is 6.92 Å². The first kappa shape index (κ1) is 8.97. The van der Waals surface area contributed by atoms with Gasteiger partial charge in [-0.3, -0.25) is 0 Å². The van der Waals surface area contributed by atoms with Crippen molar-refractivity contribution in [1.29, 1.82) is 0 Å². The van der Waals surface area contributed by atoms with Gasteiger partial charge in [-0.2, -0.15) is 0 Å². The summed E-state index contributed by atoms with van der Waals surface area (Å²) < 4.78 is 4.87. The zero-order valence-electron chi connectivity index (χ0n) is 7.46. The molecule has 3 heteroatoms. The van der Waals surface area contributed by atoms with Gasteiger partial charge in [0.1, 0.15) is 0 Å². The number of hydrogen-bond acceptors (Lipinski definition) is 3. The fraction of sp³-hybridized carbons (Fsp3) is 0.556. The third-order valence-electron chi connectivity index (χ3n) is 1.91. The van der Waals surface area contributed by atoms with Gasteiger partial charge in [-0.1, -0.05) is 19.9 Å². The van der Waals surface area contributed by atoms with Gasteiger partial charge in [0.25, 0.3) is 0 Å². The minimum absolute atomic E-state index is 0.265. The van der Waals surface area contributed by atoms with Crippen LogP contribution >= 0.6 is 0 Å². The molecule has 0 aromatic rings. The van der Waals surface area contributed by atoms with Gasteiger partial charge in [0.2, 0.25) is 5.90 Å². The molecular weight excluding hydrogens is 154 g/mol. The maximum Gasteiger partial charge on any atom is 0.340 e. The van der Waals surface area contributed by atoms with E-state index in [2.05, 4.69) is 11.6 Å². The van der Waals surface area contributed by atoms with Gasteiger partial charge >= 0.3 is 5.97 Å². The third-order valence-corrected chi connectivity index (χ3v) is 1.91. The predicted molar refractivity (Wildman–Crippen MR) is 47.0 cm³/mol.